The summed E-state index contributed by atoms with van der Waals surface area (Å²) >= 11 is 1.61. The zero-order valence-corrected chi connectivity index (χ0v) is 12.6. The monoisotopic (exact) mass is 302 g/mol. The molecular formula is C15H15FN4S. The van der Waals surface area contributed by atoms with Crippen LogP contribution in [-0.2, 0) is 6.42 Å². The van der Waals surface area contributed by atoms with Crippen LogP contribution < -0.4 is 11.3 Å². The maximum atomic E-state index is 13.5. The van der Waals surface area contributed by atoms with Crippen molar-refractivity contribution >= 4 is 27.4 Å². The molecule has 3 N–H and O–H groups in total. The van der Waals surface area contributed by atoms with Crippen LogP contribution in [0.3, 0.4) is 0 Å². The fourth-order valence-corrected chi connectivity index (χ4v) is 3.18. The van der Waals surface area contributed by atoms with Crippen LogP contribution in [0.25, 0.3) is 21.6 Å². The Balaban J connectivity index is 2.25. The zero-order valence-electron chi connectivity index (χ0n) is 11.8. The van der Waals surface area contributed by atoms with Gasteiger partial charge in [-0.3, -0.25) is 0 Å². The number of hydrogen-bond donors (Lipinski definition) is 2. The summed E-state index contributed by atoms with van der Waals surface area (Å²) in [5, 5.41) is 0.900. The topological polar surface area (TPSA) is 63.8 Å². The number of hydrazine groups is 1. The van der Waals surface area contributed by atoms with E-state index in [0.717, 1.165) is 22.2 Å². The highest BCUT2D eigenvalue weighted by molar-refractivity contribution is 7.18. The second kappa shape index (κ2) is 5.38. The van der Waals surface area contributed by atoms with Crippen LogP contribution >= 0.6 is 11.3 Å². The Kier molecular flexibility index (Phi) is 3.57. The van der Waals surface area contributed by atoms with Gasteiger partial charge in [0.25, 0.3) is 0 Å². The van der Waals surface area contributed by atoms with E-state index in [1.54, 1.807) is 17.4 Å². The molecule has 2 aromatic heterocycles. The number of nitrogens with zero attached hydrogens (tertiary/aromatic N) is 2. The Morgan fingerprint density at radius 1 is 1.29 bits per heavy atom. The van der Waals surface area contributed by atoms with E-state index in [1.165, 1.54) is 17.0 Å². The third-order valence-electron chi connectivity index (χ3n) is 3.37. The molecule has 0 aliphatic heterocycles. The Labute approximate surface area is 125 Å². The lowest BCUT2D eigenvalue weighted by molar-refractivity contribution is 0.628. The number of aromatic nitrogens is 2. The van der Waals surface area contributed by atoms with Crippen LogP contribution in [0.1, 0.15) is 17.4 Å². The van der Waals surface area contributed by atoms with Gasteiger partial charge in [0.15, 0.2) is 11.6 Å². The average Bonchev–Trinajstić information content (AvgIpc) is 2.91. The zero-order chi connectivity index (χ0) is 15.0. The van der Waals surface area contributed by atoms with Gasteiger partial charge in [-0.05, 0) is 37.1 Å². The predicted octanol–water partition coefficient (Wildman–Crippen LogP) is 3.65. The van der Waals surface area contributed by atoms with E-state index < -0.39 is 0 Å². The number of hydrogen-bond acceptors (Lipinski definition) is 5. The predicted molar refractivity (Wildman–Crippen MR) is 84.7 cm³/mol. The molecular weight excluding hydrogens is 287 g/mol. The summed E-state index contributed by atoms with van der Waals surface area (Å²) in [6.07, 6.45) is 0.930. The first-order chi connectivity index (χ1) is 10.1. The molecule has 0 atom stereocenters. The molecule has 4 nitrogen and oxygen atoms in total. The number of nitrogens with one attached hydrogen (secondary N) is 1. The lowest BCUT2D eigenvalue weighted by Gasteiger charge is -2.07. The van der Waals surface area contributed by atoms with Crippen molar-refractivity contribution in [2.24, 2.45) is 5.84 Å². The van der Waals surface area contributed by atoms with Crippen LogP contribution in [0, 0.1) is 12.7 Å². The Morgan fingerprint density at radius 3 is 2.81 bits per heavy atom. The third kappa shape index (κ3) is 2.48. The highest BCUT2D eigenvalue weighted by atomic mass is 32.1. The molecule has 0 bridgehead atoms. The normalized spacial score (nSPS) is 11.0. The molecule has 21 heavy (non-hydrogen) atoms. The van der Waals surface area contributed by atoms with Gasteiger partial charge in [0.2, 0.25) is 0 Å². The summed E-state index contributed by atoms with van der Waals surface area (Å²) in [5.74, 6) is 6.32. The largest absolute Gasteiger partial charge is 0.308 e. The summed E-state index contributed by atoms with van der Waals surface area (Å²) in [4.78, 5) is 11.1. The number of anilines is 1. The highest BCUT2D eigenvalue weighted by Crippen LogP contribution is 2.32. The number of aryl methyl sites for hydroxylation is 2. The van der Waals surface area contributed by atoms with E-state index >= 15 is 0 Å². The van der Waals surface area contributed by atoms with E-state index in [2.05, 4.69) is 22.3 Å². The number of benzene rings is 1. The van der Waals surface area contributed by atoms with Crippen LogP contribution in [0.15, 0.2) is 24.3 Å². The second-order valence-corrected chi connectivity index (χ2v) is 5.90. The van der Waals surface area contributed by atoms with Gasteiger partial charge in [0, 0.05) is 10.4 Å². The first-order valence-electron chi connectivity index (χ1n) is 6.66. The molecule has 0 fully saturated rings. The summed E-state index contributed by atoms with van der Waals surface area (Å²) < 4.78 is 13.5. The van der Waals surface area contributed by atoms with Crippen molar-refractivity contribution < 1.29 is 4.39 Å². The molecule has 6 heteroatoms. The van der Waals surface area contributed by atoms with Crippen molar-refractivity contribution in [3.63, 3.8) is 0 Å². The van der Waals surface area contributed by atoms with Crippen LogP contribution in [-0.4, -0.2) is 9.97 Å². The molecule has 1 aromatic carbocycles. The molecule has 0 radical (unpaired) electrons. The quantitative estimate of drug-likeness (QED) is 0.572. The lowest BCUT2D eigenvalue weighted by Crippen LogP contribution is -2.10. The highest BCUT2D eigenvalue weighted by Gasteiger charge is 2.13. The maximum absolute atomic E-state index is 13.5. The second-order valence-electron chi connectivity index (χ2n) is 4.78. The van der Waals surface area contributed by atoms with Crippen molar-refractivity contribution in [1.82, 2.24) is 9.97 Å². The molecule has 0 saturated carbocycles. The van der Waals surface area contributed by atoms with Crippen LogP contribution in [0.2, 0.25) is 0 Å². The van der Waals surface area contributed by atoms with E-state index in [9.17, 15) is 4.39 Å². The Hall–Kier alpha value is -2.05. The van der Waals surface area contributed by atoms with Crippen LogP contribution in [0.4, 0.5) is 10.2 Å². The Morgan fingerprint density at radius 2 is 2.10 bits per heavy atom. The molecule has 0 aliphatic rings. The molecule has 0 spiro atoms. The standard InChI is InChI=1S/C15H15FN4S/c1-3-10-7-12-14(20-17)18-13(19-15(12)21-10)11-6-9(16)5-4-8(11)2/h4-7H,3,17H2,1-2H3,(H,18,19,20). The molecule has 3 aromatic rings. The minimum Gasteiger partial charge on any atom is -0.308 e. The number of halogens is 1. The molecule has 2 heterocycles. The molecule has 3 rings (SSSR count). The first-order valence-corrected chi connectivity index (χ1v) is 7.47. The summed E-state index contributed by atoms with van der Waals surface area (Å²) in [6, 6.07) is 6.64. The fraction of sp³-hybridized carbons (Fsp3) is 0.200. The minimum absolute atomic E-state index is 0.304. The maximum Gasteiger partial charge on any atom is 0.163 e. The van der Waals surface area contributed by atoms with E-state index in [0.29, 0.717) is 17.2 Å². The molecule has 0 saturated heterocycles. The fourth-order valence-electron chi connectivity index (χ4n) is 2.21. The summed E-state index contributed by atoms with van der Waals surface area (Å²) in [5.41, 5.74) is 4.22. The van der Waals surface area contributed by atoms with Crippen molar-refractivity contribution in [3.8, 4) is 11.4 Å². The van der Waals surface area contributed by atoms with Gasteiger partial charge < -0.3 is 5.43 Å². The van der Waals surface area contributed by atoms with Crippen LogP contribution in [0.5, 0.6) is 0 Å². The number of nitrogens with two attached hydrogens (primary N) is 1. The van der Waals surface area contributed by atoms with Crippen molar-refractivity contribution in [1.29, 1.82) is 0 Å². The van der Waals surface area contributed by atoms with E-state index in [1.807, 2.05) is 13.0 Å². The van der Waals surface area contributed by atoms with Gasteiger partial charge in [-0.2, -0.15) is 0 Å². The minimum atomic E-state index is -0.304. The van der Waals surface area contributed by atoms with Crippen molar-refractivity contribution in [2.75, 3.05) is 5.43 Å². The molecule has 0 amide bonds. The van der Waals surface area contributed by atoms with Gasteiger partial charge in [-0.25, -0.2) is 20.2 Å². The first kappa shape index (κ1) is 13.9. The molecule has 108 valence electrons. The van der Waals surface area contributed by atoms with Gasteiger partial charge in [0.05, 0.1) is 5.39 Å². The summed E-state index contributed by atoms with van der Waals surface area (Å²) in [6.45, 7) is 4.00. The van der Waals surface area contributed by atoms with Crippen molar-refractivity contribution in [3.05, 3.63) is 40.5 Å². The average molecular weight is 302 g/mol. The smallest absolute Gasteiger partial charge is 0.163 e. The lowest BCUT2D eigenvalue weighted by atomic mass is 10.1. The van der Waals surface area contributed by atoms with Crippen molar-refractivity contribution in [2.45, 2.75) is 20.3 Å². The summed E-state index contributed by atoms with van der Waals surface area (Å²) in [7, 11) is 0. The SMILES string of the molecule is CCc1cc2c(NN)nc(-c3cc(F)ccc3C)nc2s1. The number of fused-ring (bicyclic) bond motifs is 1. The van der Waals surface area contributed by atoms with Gasteiger partial charge in [-0.1, -0.05) is 13.0 Å². The Bertz CT molecular complexity index is 813. The molecule has 0 unspecified atom stereocenters. The van der Waals surface area contributed by atoms with Gasteiger partial charge in [-0.15, -0.1) is 11.3 Å². The number of thiophene rings is 1. The van der Waals surface area contributed by atoms with E-state index in [-0.39, 0.29) is 5.82 Å². The van der Waals surface area contributed by atoms with E-state index in [4.69, 9.17) is 5.84 Å². The third-order valence-corrected chi connectivity index (χ3v) is 4.54. The number of rotatable bonds is 3. The van der Waals surface area contributed by atoms with Gasteiger partial charge >= 0.3 is 0 Å². The molecule has 0 aliphatic carbocycles. The number of nitrogen functional groups attached to an aromatic ring is 1. The van der Waals surface area contributed by atoms with Gasteiger partial charge in [0.1, 0.15) is 10.6 Å².